The molecule has 7 heteroatoms. The van der Waals surface area contributed by atoms with Crippen LogP contribution >= 0.6 is 23.2 Å². The number of hydrazine groups is 1. The van der Waals surface area contributed by atoms with Crippen molar-refractivity contribution in [3.63, 3.8) is 0 Å². The number of likely N-dealkylation sites (tertiary alicyclic amines) is 1. The highest BCUT2D eigenvalue weighted by molar-refractivity contribution is 6.37. The summed E-state index contributed by atoms with van der Waals surface area (Å²) in [7, 11) is 0. The Kier molecular flexibility index (Phi) is 6.36. The van der Waals surface area contributed by atoms with E-state index in [1.54, 1.807) is 6.07 Å². The molecule has 0 radical (unpaired) electrons. The Morgan fingerprint density at radius 3 is 2.81 bits per heavy atom. The molecule has 0 bridgehead atoms. The number of nitrogens with one attached hydrogen (secondary N) is 2. The predicted octanol–water partition coefficient (Wildman–Crippen LogP) is 3.35. The van der Waals surface area contributed by atoms with Gasteiger partial charge in [0.1, 0.15) is 5.82 Å². The first kappa shape index (κ1) is 16.6. The molecular weight excluding hydrogens is 309 g/mol. The molecule has 1 aliphatic heterocycles. The maximum atomic E-state index is 6.12. The van der Waals surface area contributed by atoms with Gasteiger partial charge in [-0.3, -0.25) is 0 Å². The smallest absolute Gasteiger partial charge is 0.161 e. The van der Waals surface area contributed by atoms with Gasteiger partial charge >= 0.3 is 0 Å². The lowest BCUT2D eigenvalue weighted by molar-refractivity contribution is 0.160. The third kappa shape index (κ3) is 4.61. The Hall–Kier alpha value is -0.750. The lowest BCUT2D eigenvalue weighted by Crippen LogP contribution is -2.38. The number of pyridine rings is 1. The molecule has 1 saturated heterocycles. The Labute approximate surface area is 136 Å². The van der Waals surface area contributed by atoms with Crippen molar-refractivity contribution in [3.8, 4) is 0 Å². The molecule has 4 N–H and O–H groups in total. The Morgan fingerprint density at radius 1 is 1.33 bits per heavy atom. The van der Waals surface area contributed by atoms with E-state index in [1.165, 1.54) is 25.8 Å². The summed E-state index contributed by atoms with van der Waals surface area (Å²) < 4.78 is 0. The third-order valence-corrected chi connectivity index (χ3v) is 4.50. The highest BCUT2D eigenvalue weighted by Crippen LogP contribution is 2.28. The number of halogens is 2. The number of nitrogen functional groups attached to an aromatic ring is 1. The summed E-state index contributed by atoms with van der Waals surface area (Å²) in [6, 6.07) is 2.34. The topological polar surface area (TPSA) is 66.2 Å². The SMILES string of the molecule is CC1CCCCN1CCCNc1nc(NN)c(Cl)cc1Cl. The van der Waals surface area contributed by atoms with Crippen molar-refractivity contribution >= 4 is 34.8 Å². The van der Waals surface area contributed by atoms with Gasteiger partial charge in [-0.15, -0.1) is 0 Å². The number of piperidine rings is 1. The number of aromatic nitrogens is 1. The summed E-state index contributed by atoms with van der Waals surface area (Å²) in [6.07, 6.45) is 5.03. The largest absolute Gasteiger partial charge is 0.369 e. The quantitative estimate of drug-likeness (QED) is 0.423. The summed E-state index contributed by atoms with van der Waals surface area (Å²) in [6.45, 7) is 5.44. The van der Waals surface area contributed by atoms with Crippen molar-refractivity contribution in [1.29, 1.82) is 0 Å². The van der Waals surface area contributed by atoms with Gasteiger partial charge in [-0.1, -0.05) is 29.6 Å². The summed E-state index contributed by atoms with van der Waals surface area (Å²) in [5.41, 5.74) is 2.46. The van der Waals surface area contributed by atoms with E-state index in [0.717, 1.165) is 19.5 Å². The standard InChI is InChI=1S/C14H23Cl2N5/c1-10-5-2-3-7-21(10)8-4-6-18-13-11(15)9-12(16)14(19-13)20-17/h9-10H,2-8,17H2,1H3,(H2,18,19,20). The number of hydrogen-bond donors (Lipinski definition) is 3. The molecule has 21 heavy (non-hydrogen) atoms. The Balaban J connectivity index is 1.80. The van der Waals surface area contributed by atoms with Gasteiger partial charge in [0.05, 0.1) is 10.0 Å². The monoisotopic (exact) mass is 331 g/mol. The van der Waals surface area contributed by atoms with Crippen molar-refractivity contribution in [2.45, 2.75) is 38.6 Å². The van der Waals surface area contributed by atoms with E-state index >= 15 is 0 Å². The van der Waals surface area contributed by atoms with E-state index in [9.17, 15) is 0 Å². The molecule has 0 aliphatic carbocycles. The maximum absolute atomic E-state index is 6.12. The van der Waals surface area contributed by atoms with E-state index in [-0.39, 0.29) is 0 Å². The first-order valence-corrected chi connectivity index (χ1v) is 8.18. The van der Waals surface area contributed by atoms with Gasteiger partial charge < -0.3 is 15.6 Å². The normalized spacial score (nSPS) is 19.5. The second-order valence-electron chi connectivity index (χ2n) is 5.45. The van der Waals surface area contributed by atoms with Crippen LogP contribution in [0.4, 0.5) is 11.6 Å². The Bertz CT molecular complexity index is 469. The summed E-state index contributed by atoms with van der Waals surface area (Å²) >= 11 is 12.1. The first-order chi connectivity index (χ1) is 10.1. The van der Waals surface area contributed by atoms with Crippen molar-refractivity contribution in [1.82, 2.24) is 9.88 Å². The fourth-order valence-corrected chi connectivity index (χ4v) is 3.15. The zero-order valence-electron chi connectivity index (χ0n) is 12.3. The van der Waals surface area contributed by atoms with Crippen molar-refractivity contribution in [2.75, 3.05) is 30.4 Å². The van der Waals surface area contributed by atoms with Gasteiger partial charge in [0, 0.05) is 19.1 Å². The number of nitrogens with zero attached hydrogens (tertiary/aromatic N) is 2. The summed E-state index contributed by atoms with van der Waals surface area (Å²) in [5, 5.41) is 4.16. The third-order valence-electron chi connectivity index (χ3n) is 3.92. The molecular formula is C14H23Cl2N5. The van der Waals surface area contributed by atoms with Crippen LogP contribution in [0.2, 0.25) is 10.0 Å². The van der Waals surface area contributed by atoms with Gasteiger partial charge in [-0.2, -0.15) is 0 Å². The number of nitrogens with two attached hydrogens (primary N) is 1. The van der Waals surface area contributed by atoms with Gasteiger partial charge in [0.15, 0.2) is 5.82 Å². The lowest BCUT2D eigenvalue weighted by atomic mass is 10.0. The number of hydrogen-bond acceptors (Lipinski definition) is 5. The average Bonchev–Trinajstić information content (AvgIpc) is 2.47. The van der Waals surface area contributed by atoms with Crippen LogP contribution in [0.3, 0.4) is 0 Å². The van der Waals surface area contributed by atoms with Crippen molar-refractivity contribution < 1.29 is 0 Å². The molecule has 1 aliphatic rings. The van der Waals surface area contributed by atoms with E-state index in [1.807, 2.05) is 0 Å². The molecule has 118 valence electrons. The van der Waals surface area contributed by atoms with Crippen LogP contribution in [0.25, 0.3) is 0 Å². The summed E-state index contributed by atoms with van der Waals surface area (Å²) in [4.78, 5) is 6.82. The van der Waals surface area contributed by atoms with E-state index in [4.69, 9.17) is 29.0 Å². The van der Waals surface area contributed by atoms with Crippen LogP contribution in [-0.4, -0.2) is 35.6 Å². The van der Waals surface area contributed by atoms with Gasteiger partial charge in [0.2, 0.25) is 0 Å². The summed E-state index contributed by atoms with van der Waals surface area (Å²) in [5.74, 6) is 6.40. The molecule has 0 aromatic carbocycles. The highest BCUT2D eigenvalue weighted by atomic mass is 35.5. The molecule has 2 rings (SSSR count). The second-order valence-corrected chi connectivity index (χ2v) is 6.27. The van der Waals surface area contributed by atoms with Crippen molar-refractivity contribution in [2.24, 2.45) is 5.84 Å². The Morgan fingerprint density at radius 2 is 2.10 bits per heavy atom. The van der Waals surface area contributed by atoms with Crippen LogP contribution in [0.15, 0.2) is 6.07 Å². The van der Waals surface area contributed by atoms with Crippen LogP contribution < -0.4 is 16.6 Å². The molecule has 1 atom stereocenters. The molecule has 0 saturated carbocycles. The molecule has 0 spiro atoms. The predicted molar refractivity (Wildman–Crippen MR) is 90.1 cm³/mol. The van der Waals surface area contributed by atoms with Crippen LogP contribution in [-0.2, 0) is 0 Å². The van der Waals surface area contributed by atoms with E-state index in [2.05, 4.69) is 27.6 Å². The molecule has 1 aromatic heterocycles. The molecule has 2 heterocycles. The average molecular weight is 332 g/mol. The van der Waals surface area contributed by atoms with Crippen LogP contribution in [0.5, 0.6) is 0 Å². The van der Waals surface area contributed by atoms with E-state index in [0.29, 0.717) is 27.7 Å². The second kappa shape index (κ2) is 8.03. The van der Waals surface area contributed by atoms with Gasteiger partial charge in [0.25, 0.3) is 0 Å². The van der Waals surface area contributed by atoms with Gasteiger partial charge in [-0.25, -0.2) is 10.8 Å². The maximum Gasteiger partial charge on any atom is 0.161 e. The fourth-order valence-electron chi connectivity index (χ4n) is 2.67. The van der Waals surface area contributed by atoms with Crippen molar-refractivity contribution in [3.05, 3.63) is 16.1 Å². The minimum absolute atomic E-state index is 0.412. The minimum atomic E-state index is 0.412. The number of rotatable bonds is 6. The van der Waals surface area contributed by atoms with Gasteiger partial charge in [-0.05, 0) is 38.8 Å². The van der Waals surface area contributed by atoms with Crippen LogP contribution in [0.1, 0.15) is 32.6 Å². The molecule has 5 nitrogen and oxygen atoms in total. The minimum Gasteiger partial charge on any atom is -0.369 e. The first-order valence-electron chi connectivity index (χ1n) is 7.42. The van der Waals surface area contributed by atoms with E-state index < -0.39 is 0 Å². The molecule has 1 unspecified atom stereocenters. The lowest BCUT2D eigenvalue weighted by Gasteiger charge is -2.33. The molecule has 0 amide bonds. The fraction of sp³-hybridized carbons (Fsp3) is 0.643. The molecule has 1 aromatic rings. The number of anilines is 2. The zero-order valence-corrected chi connectivity index (χ0v) is 13.8. The van der Waals surface area contributed by atoms with Crippen LogP contribution in [0, 0.1) is 0 Å². The highest BCUT2D eigenvalue weighted by Gasteiger charge is 2.17. The molecule has 1 fully saturated rings. The zero-order chi connectivity index (χ0) is 15.2.